The Bertz CT molecular complexity index is 607. The number of carbonyl (C=O) groups is 1. The van der Waals surface area contributed by atoms with Crippen molar-refractivity contribution in [2.75, 3.05) is 0 Å². The Kier molecular flexibility index (Phi) is 3.10. The molecule has 0 amide bonds. The Morgan fingerprint density at radius 2 is 2.22 bits per heavy atom. The van der Waals surface area contributed by atoms with Crippen molar-refractivity contribution in [3.8, 4) is 5.69 Å². The molecule has 1 heterocycles. The van der Waals surface area contributed by atoms with Crippen LogP contribution in [-0.2, 0) is 6.42 Å². The zero-order valence-corrected chi connectivity index (χ0v) is 10.0. The summed E-state index contributed by atoms with van der Waals surface area (Å²) in [4.78, 5) is 14.7. The van der Waals surface area contributed by atoms with Crippen LogP contribution in [0.15, 0.2) is 18.2 Å². The highest BCUT2D eigenvalue weighted by Crippen LogP contribution is 2.15. The predicted molar refractivity (Wildman–Crippen MR) is 62.4 cm³/mol. The number of rotatable bonds is 3. The van der Waals surface area contributed by atoms with Gasteiger partial charge >= 0.3 is 5.97 Å². The largest absolute Gasteiger partial charge is 0.475 e. The second kappa shape index (κ2) is 4.56. The molecule has 0 aliphatic carbocycles. The fraction of sp³-hybridized carbons (Fsp3) is 0.250. The van der Waals surface area contributed by atoms with Gasteiger partial charge in [-0.25, -0.2) is 18.9 Å². The van der Waals surface area contributed by atoms with Crippen LogP contribution in [0.4, 0.5) is 4.39 Å². The number of aromatic carboxylic acids is 1. The maximum absolute atomic E-state index is 13.5. The number of benzene rings is 1. The van der Waals surface area contributed by atoms with E-state index >= 15 is 0 Å². The van der Waals surface area contributed by atoms with Crippen LogP contribution in [0, 0.1) is 12.7 Å². The normalized spacial score (nSPS) is 10.6. The molecule has 0 spiro atoms. The van der Waals surface area contributed by atoms with Crippen molar-refractivity contribution in [3.63, 3.8) is 0 Å². The lowest BCUT2D eigenvalue weighted by Gasteiger charge is -2.05. The lowest BCUT2D eigenvalue weighted by atomic mass is 10.2. The van der Waals surface area contributed by atoms with E-state index in [1.165, 1.54) is 10.7 Å². The third-order valence-electron chi connectivity index (χ3n) is 2.58. The van der Waals surface area contributed by atoms with E-state index in [2.05, 4.69) is 10.1 Å². The van der Waals surface area contributed by atoms with Gasteiger partial charge in [0.15, 0.2) is 0 Å². The van der Waals surface area contributed by atoms with Crippen molar-refractivity contribution in [1.29, 1.82) is 0 Å². The summed E-state index contributed by atoms with van der Waals surface area (Å²) in [7, 11) is 0. The Morgan fingerprint density at radius 1 is 1.50 bits per heavy atom. The Balaban J connectivity index is 2.55. The van der Waals surface area contributed by atoms with Crippen LogP contribution < -0.4 is 0 Å². The van der Waals surface area contributed by atoms with Gasteiger partial charge in [0.1, 0.15) is 11.6 Å². The summed E-state index contributed by atoms with van der Waals surface area (Å²) in [5.41, 5.74) is 0.991. The number of hydrogen-bond donors (Lipinski definition) is 1. The van der Waals surface area contributed by atoms with Crippen molar-refractivity contribution < 1.29 is 14.3 Å². The zero-order chi connectivity index (χ0) is 13.3. The van der Waals surface area contributed by atoms with Crippen molar-refractivity contribution in [2.24, 2.45) is 0 Å². The van der Waals surface area contributed by atoms with Crippen molar-refractivity contribution in [1.82, 2.24) is 14.8 Å². The first-order valence-electron chi connectivity index (χ1n) is 5.48. The lowest BCUT2D eigenvalue weighted by Crippen LogP contribution is -2.04. The molecule has 5 nitrogen and oxygen atoms in total. The van der Waals surface area contributed by atoms with E-state index in [1.807, 2.05) is 6.92 Å². The zero-order valence-electron chi connectivity index (χ0n) is 10.0. The van der Waals surface area contributed by atoms with E-state index in [0.29, 0.717) is 23.5 Å². The summed E-state index contributed by atoms with van der Waals surface area (Å²) in [6.07, 6.45) is 0.510. The third kappa shape index (κ3) is 2.09. The number of carboxylic acid groups (broad SMARTS) is 1. The van der Waals surface area contributed by atoms with Gasteiger partial charge < -0.3 is 5.11 Å². The van der Waals surface area contributed by atoms with Crippen molar-refractivity contribution in [2.45, 2.75) is 20.3 Å². The van der Waals surface area contributed by atoms with Gasteiger partial charge in [-0.3, -0.25) is 0 Å². The summed E-state index contributed by atoms with van der Waals surface area (Å²) < 4.78 is 14.8. The monoisotopic (exact) mass is 249 g/mol. The van der Waals surface area contributed by atoms with Gasteiger partial charge in [0, 0.05) is 6.42 Å². The highest BCUT2D eigenvalue weighted by Gasteiger charge is 2.15. The SMILES string of the molecule is CCc1nc(C(=O)O)nn1-c1ccc(C)c(F)c1. The molecule has 18 heavy (non-hydrogen) atoms. The van der Waals surface area contributed by atoms with Crippen LogP contribution >= 0.6 is 0 Å². The van der Waals surface area contributed by atoms with Crippen LogP contribution in [0.1, 0.15) is 28.9 Å². The topological polar surface area (TPSA) is 68.0 Å². The average Bonchev–Trinajstić information content (AvgIpc) is 2.77. The van der Waals surface area contributed by atoms with Crippen LogP contribution in [-0.4, -0.2) is 25.8 Å². The van der Waals surface area contributed by atoms with Crippen LogP contribution in [0.2, 0.25) is 0 Å². The average molecular weight is 249 g/mol. The van der Waals surface area contributed by atoms with Crippen molar-refractivity contribution in [3.05, 3.63) is 41.2 Å². The van der Waals surface area contributed by atoms with Crippen LogP contribution in [0.3, 0.4) is 0 Å². The minimum atomic E-state index is -1.20. The van der Waals surface area contributed by atoms with Crippen molar-refractivity contribution >= 4 is 5.97 Å². The number of carboxylic acids is 1. The van der Waals surface area contributed by atoms with Crippen LogP contribution in [0.5, 0.6) is 0 Å². The summed E-state index contributed by atoms with van der Waals surface area (Å²) in [6, 6.07) is 4.61. The van der Waals surface area contributed by atoms with E-state index in [0.717, 1.165) is 0 Å². The minimum absolute atomic E-state index is 0.284. The molecular formula is C12H12FN3O2. The molecule has 1 aromatic carbocycles. The van der Waals surface area contributed by atoms with E-state index < -0.39 is 5.97 Å². The molecule has 2 rings (SSSR count). The smallest absolute Gasteiger partial charge is 0.375 e. The second-order valence-electron chi connectivity index (χ2n) is 3.86. The van der Waals surface area contributed by atoms with Gasteiger partial charge in [0.05, 0.1) is 5.69 Å². The third-order valence-corrected chi connectivity index (χ3v) is 2.58. The number of aryl methyl sites for hydroxylation is 2. The first-order valence-corrected chi connectivity index (χ1v) is 5.48. The quantitative estimate of drug-likeness (QED) is 0.903. The fourth-order valence-electron chi connectivity index (χ4n) is 1.58. The predicted octanol–water partition coefficient (Wildman–Crippen LogP) is 1.98. The molecule has 1 aromatic heterocycles. The van der Waals surface area contributed by atoms with Crippen LogP contribution in [0.25, 0.3) is 5.69 Å². The molecule has 0 fully saturated rings. The molecular weight excluding hydrogens is 237 g/mol. The molecule has 0 radical (unpaired) electrons. The second-order valence-corrected chi connectivity index (χ2v) is 3.86. The summed E-state index contributed by atoms with van der Waals surface area (Å²) in [6.45, 7) is 3.49. The molecule has 0 saturated carbocycles. The molecule has 0 saturated heterocycles. The lowest BCUT2D eigenvalue weighted by molar-refractivity contribution is 0.0683. The molecule has 0 aliphatic rings. The Hall–Kier alpha value is -2.24. The summed E-state index contributed by atoms with van der Waals surface area (Å²) >= 11 is 0. The molecule has 0 aliphatic heterocycles. The molecule has 6 heteroatoms. The highest BCUT2D eigenvalue weighted by atomic mass is 19.1. The van der Waals surface area contributed by atoms with E-state index in [9.17, 15) is 9.18 Å². The molecule has 0 bridgehead atoms. The number of nitrogens with zero attached hydrogens (tertiary/aromatic N) is 3. The van der Waals surface area contributed by atoms with E-state index in [1.54, 1.807) is 19.1 Å². The van der Waals surface area contributed by atoms with Gasteiger partial charge in [0.2, 0.25) is 0 Å². The van der Waals surface area contributed by atoms with Gasteiger partial charge in [0.25, 0.3) is 5.82 Å². The molecule has 2 aromatic rings. The summed E-state index contributed by atoms with van der Waals surface area (Å²) in [5, 5.41) is 12.7. The number of halogens is 1. The molecule has 1 N–H and O–H groups in total. The molecule has 0 atom stereocenters. The Morgan fingerprint density at radius 3 is 2.78 bits per heavy atom. The van der Waals surface area contributed by atoms with Gasteiger partial charge in [-0.15, -0.1) is 5.10 Å². The Labute approximate surface area is 103 Å². The molecule has 94 valence electrons. The summed E-state index contributed by atoms with van der Waals surface area (Å²) in [5.74, 6) is -1.36. The standard InChI is InChI=1S/C12H12FN3O2/c1-3-10-14-11(12(17)18)15-16(10)8-5-4-7(2)9(13)6-8/h4-6H,3H2,1-2H3,(H,17,18). The fourth-order valence-corrected chi connectivity index (χ4v) is 1.58. The maximum Gasteiger partial charge on any atom is 0.375 e. The van der Waals surface area contributed by atoms with E-state index in [4.69, 9.17) is 5.11 Å². The van der Waals surface area contributed by atoms with Gasteiger partial charge in [-0.05, 0) is 24.6 Å². The van der Waals surface area contributed by atoms with Gasteiger partial charge in [-0.1, -0.05) is 13.0 Å². The number of hydrogen-bond acceptors (Lipinski definition) is 3. The van der Waals surface area contributed by atoms with E-state index in [-0.39, 0.29) is 11.6 Å². The number of aromatic nitrogens is 3. The minimum Gasteiger partial charge on any atom is -0.475 e. The highest BCUT2D eigenvalue weighted by molar-refractivity contribution is 5.83. The first kappa shape index (κ1) is 12.2. The molecule has 0 unspecified atom stereocenters. The van der Waals surface area contributed by atoms with Gasteiger partial charge in [-0.2, -0.15) is 0 Å². The first-order chi connectivity index (χ1) is 8.52. The maximum atomic E-state index is 13.5.